The van der Waals surface area contributed by atoms with Crippen LogP contribution in [0.5, 0.6) is 5.75 Å². The lowest BCUT2D eigenvalue weighted by atomic mass is 9.89. The molecule has 2 unspecified atom stereocenters. The summed E-state index contributed by atoms with van der Waals surface area (Å²) in [4.78, 5) is 10.3. The van der Waals surface area contributed by atoms with Gasteiger partial charge in [-0.3, -0.25) is 10.1 Å². The Morgan fingerprint density at radius 3 is 2.83 bits per heavy atom. The van der Waals surface area contributed by atoms with Crippen LogP contribution in [0.1, 0.15) is 32.6 Å². The molecule has 0 bridgehead atoms. The van der Waals surface area contributed by atoms with Gasteiger partial charge in [-0.25, -0.2) is 0 Å². The fourth-order valence-electron chi connectivity index (χ4n) is 2.46. The Morgan fingerprint density at radius 1 is 1.39 bits per heavy atom. The molecule has 0 aromatic heterocycles. The molecule has 5 heteroatoms. The average Bonchev–Trinajstić information content (AvgIpc) is 2.28. The largest absolute Gasteiger partial charge is 0.490 e. The third kappa shape index (κ3) is 3.12. The number of hydrogen-bond donors (Lipinski definition) is 1. The van der Waals surface area contributed by atoms with Crippen LogP contribution in [0.25, 0.3) is 0 Å². The van der Waals surface area contributed by atoms with Gasteiger partial charge in [0, 0.05) is 17.8 Å². The number of nitrogens with two attached hydrogens (primary N) is 1. The van der Waals surface area contributed by atoms with E-state index in [1.807, 2.05) is 0 Å². The van der Waals surface area contributed by atoms with Crippen LogP contribution in [0.4, 0.5) is 11.4 Å². The summed E-state index contributed by atoms with van der Waals surface area (Å²) in [5.74, 6) is 1.15. The summed E-state index contributed by atoms with van der Waals surface area (Å²) in [6, 6.07) is 4.43. The molecule has 2 N–H and O–H groups in total. The number of anilines is 1. The van der Waals surface area contributed by atoms with Crippen LogP contribution in [-0.2, 0) is 0 Å². The molecule has 18 heavy (non-hydrogen) atoms. The van der Waals surface area contributed by atoms with E-state index in [-0.39, 0.29) is 11.8 Å². The van der Waals surface area contributed by atoms with Crippen LogP contribution in [0.15, 0.2) is 18.2 Å². The molecule has 1 fully saturated rings. The van der Waals surface area contributed by atoms with Gasteiger partial charge in [-0.05, 0) is 25.2 Å². The Morgan fingerprint density at radius 2 is 2.17 bits per heavy atom. The molecule has 98 valence electrons. The van der Waals surface area contributed by atoms with Crippen molar-refractivity contribution in [2.24, 2.45) is 5.92 Å². The van der Waals surface area contributed by atoms with Crippen molar-refractivity contribution in [3.63, 3.8) is 0 Å². The van der Waals surface area contributed by atoms with Crippen molar-refractivity contribution in [2.45, 2.75) is 38.7 Å². The maximum Gasteiger partial charge on any atom is 0.275 e. The van der Waals surface area contributed by atoms with Crippen LogP contribution < -0.4 is 10.5 Å². The first-order valence-electron chi connectivity index (χ1n) is 6.26. The zero-order valence-electron chi connectivity index (χ0n) is 10.5. The van der Waals surface area contributed by atoms with Gasteiger partial charge in [-0.1, -0.05) is 13.3 Å². The molecule has 0 aliphatic heterocycles. The summed E-state index contributed by atoms with van der Waals surface area (Å²) in [5, 5.41) is 10.7. The van der Waals surface area contributed by atoms with E-state index in [1.54, 1.807) is 6.07 Å². The molecule has 1 aliphatic carbocycles. The van der Waals surface area contributed by atoms with Gasteiger partial charge in [0.25, 0.3) is 5.69 Å². The molecule has 1 saturated carbocycles. The van der Waals surface area contributed by atoms with Crippen LogP contribution in [0.3, 0.4) is 0 Å². The van der Waals surface area contributed by atoms with Crippen molar-refractivity contribution in [2.75, 3.05) is 5.73 Å². The lowest BCUT2D eigenvalue weighted by molar-refractivity contribution is -0.384. The Balaban J connectivity index is 2.10. The minimum Gasteiger partial charge on any atom is -0.490 e. The van der Waals surface area contributed by atoms with Gasteiger partial charge >= 0.3 is 0 Å². The number of ether oxygens (including phenoxy) is 1. The topological polar surface area (TPSA) is 78.4 Å². The van der Waals surface area contributed by atoms with Gasteiger partial charge in [0.15, 0.2) is 0 Å². The molecule has 0 spiro atoms. The summed E-state index contributed by atoms with van der Waals surface area (Å²) >= 11 is 0. The van der Waals surface area contributed by atoms with Crippen molar-refractivity contribution < 1.29 is 9.66 Å². The second-order valence-corrected chi connectivity index (χ2v) is 5.03. The van der Waals surface area contributed by atoms with Gasteiger partial charge in [-0.15, -0.1) is 0 Å². The number of non-ortho nitro benzene ring substituents is 1. The first-order chi connectivity index (χ1) is 8.54. The lowest BCUT2D eigenvalue weighted by Gasteiger charge is -2.27. The summed E-state index contributed by atoms with van der Waals surface area (Å²) < 4.78 is 5.81. The normalized spacial score (nSPS) is 23.6. The summed E-state index contributed by atoms with van der Waals surface area (Å²) in [6.07, 6.45) is 4.54. The van der Waals surface area contributed by atoms with Gasteiger partial charge in [0.2, 0.25) is 0 Å². The minimum absolute atomic E-state index is 0.0196. The molecule has 0 heterocycles. The number of nitro benzene ring substituents is 1. The van der Waals surface area contributed by atoms with Crippen LogP contribution in [-0.4, -0.2) is 11.0 Å². The molecule has 1 aliphatic rings. The molecule has 0 radical (unpaired) electrons. The third-order valence-corrected chi connectivity index (χ3v) is 3.32. The second-order valence-electron chi connectivity index (χ2n) is 5.03. The molecular formula is C13H18N2O3. The molecular weight excluding hydrogens is 232 g/mol. The zero-order valence-corrected chi connectivity index (χ0v) is 10.5. The van der Waals surface area contributed by atoms with Crippen LogP contribution in [0.2, 0.25) is 0 Å². The number of nitrogens with zero attached hydrogens (tertiary/aromatic N) is 1. The Hall–Kier alpha value is -1.78. The number of rotatable bonds is 3. The van der Waals surface area contributed by atoms with Crippen molar-refractivity contribution >= 4 is 11.4 Å². The Labute approximate surface area is 106 Å². The van der Waals surface area contributed by atoms with Crippen molar-refractivity contribution in [1.82, 2.24) is 0 Å². The molecule has 5 nitrogen and oxygen atoms in total. The monoisotopic (exact) mass is 250 g/mol. The first kappa shape index (κ1) is 12.7. The quantitative estimate of drug-likeness (QED) is 0.508. The van der Waals surface area contributed by atoms with Crippen LogP contribution in [0, 0.1) is 16.0 Å². The Kier molecular flexibility index (Phi) is 3.69. The van der Waals surface area contributed by atoms with E-state index in [2.05, 4.69) is 6.92 Å². The van der Waals surface area contributed by atoms with E-state index < -0.39 is 4.92 Å². The maximum absolute atomic E-state index is 10.7. The molecule has 1 aromatic rings. The molecule has 2 rings (SSSR count). The number of nitro groups is 1. The summed E-state index contributed by atoms with van der Waals surface area (Å²) in [7, 11) is 0. The smallest absolute Gasteiger partial charge is 0.275 e. The highest BCUT2D eigenvalue weighted by Crippen LogP contribution is 2.30. The summed E-state index contributed by atoms with van der Waals surface area (Å²) in [6.45, 7) is 2.21. The highest BCUT2D eigenvalue weighted by atomic mass is 16.6. The summed E-state index contributed by atoms with van der Waals surface area (Å²) in [5.41, 5.74) is 5.99. The number of nitrogen functional groups attached to an aromatic ring is 1. The van der Waals surface area contributed by atoms with E-state index in [0.29, 0.717) is 17.4 Å². The van der Waals surface area contributed by atoms with E-state index >= 15 is 0 Å². The predicted molar refractivity (Wildman–Crippen MR) is 69.6 cm³/mol. The average molecular weight is 250 g/mol. The predicted octanol–water partition coefficient (Wildman–Crippen LogP) is 3.13. The molecule has 1 aromatic carbocycles. The van der Waals surface area contributed by atoms with Crippen molar-refractivity contribution in [3.8, 4) is 5.75 Å². The maximum atomic E-state index is 10.7. The molecule has 2 atom stereocenters. The highest BCUT2D eigenvalue weighted by Gasteiger charge is 2.21. The van der Waals surface area contributed by atoms with E-state index in [9.17, 15) is 10.1 Å². The SMILES string of the molecule is CC1CCCC(Oc2cc(N)cc([N+](=O)[O-])c2)C1. The van der Waals surface area contributed by atoms with Crippen molar-refractivity contribution in [3.05, 3.63) is 28.3 Å². The fourth-order valence-corrected chi connectivity index (χ4v) is 2.46. The van der Waals surface area contributed by atoms with Gasteiger partial charge in [-0.2, -0.15) is 0 Å². The van der Waals surface area contributed by atoms with Gasteiger partial charge in [0.05, 0.1) is 17.1 Å². The first-order valence-corrected chi connectivity index (χ1v) is 6.26. The van der Waals surface area contributed by atoms with Gasteiger partial charge in [0.1, 0.15) is 5.75 Å². The van der Waals surface area contributed by atoms with Crippen LogP contribution >= 0.6 is 0 Å². The third-order valence-electron chi connectivity index (χ3n) is 3.32. The Bertz CT molecular complexity index is 448. The zero-order chi connectivity index (χ0) is 13.1. The minimum atomic E-state index is -0.452. The fraction of sp³-hybridized carbons (Fsp3) is 0.538. The molecule has 0 saturated heterocycles. The standard InChI is InChI=1S/C13H18N2O3/c1-9-3-2-4-12(5-9)18-13-7-10(14)6-11(8-13)15(16)17/h6-9,12H,2-5,14H2,1H3. The van der Waals surface area contributed by atoms with Gasteiger partial charge < -0.3 is 10.5 Å². The lowest BCUT2D eigenvalue weighted by Crippen LogP contribution is -2.24. The molecule has 0 amide bonds. The van der Waals surface area contributed by atoms with Crippen molar-refractivity contribution in [1.29, 1.82) is 0 Å². The van der Waals surface area contributed by atoms with E-state index in [0.717, 1.165) is 19.3 Å². The van der Waals surface area contributed by atoms with E-state index in [4.69, 9.17) is 10.5 Å². The van der Waals surface area contributed by atoms with E-state index in [1.165, 1.54) is 18.6 Å². The number of benzene rings is 1. The second kappa shape index (κ2) is 5.25. The number of hydrogen-bond acceptors (Lipinski definition) is 4. The highest BCUT2D eigenvalue weighted by molar-refractivity contribution is 5.53.